The standard InChI is InChI=1S/C24H26N2O5S2/c1-30-20-6-7-22(31-2)17(14-20)8-11-25-24(27)18-4-3-5-21(15-18)33(28,29)26-12-9-23-19(16-26)10-13-32-23/h3-7,10,13-15H,8-9,11-12,16H2,1-2H3,(H,25,27). The average Bonchev–Trinajstić information content (AvgIpc) is 3.32. The van der Waals surface area contributed by atoms with Crippen LogP contribution in [0.15, 0.2) is 58.8 Å². The number of sulfonamides is 1. The molecule has 0 saturated heterocycles. The second-order valence-electron chi connectivity index (χ2n) is 7.67. The molecule has 1 aliphatic heterocycles. The molecule has 2 aromatic carbocycles. The van der Waals surface area contributed by atoms with Crippen molar-refractivity contribution in [3.63, 3.8) is 0 Å². The number of rotatable bonds is 8. The van der Waals surface area contributed by atoms with E-state index < -0.39 is 10.0 Å². The van der Waals surface area contributed by atoms with E-state index in [0.29, 0.717) is 49.5 Å². The summed E-state index contributed by atoms with van der Waals surface area (Å²) in [6, 6.07) is 13.7. The summed E-state index contributed by atoms with van der Waals surface area (Å²) in [5, 5.41) is 4.85. The number of benzene rings is 2. The highest BCUT2D eigenvalue weighted by molar-refractivity contribution is 7.89. The van der Waals surface area contributed by atoms with Gasteiger partial charge in [0.15, 0.2) is 0 Å². The molecule has 0 aliphatic carbocycles. The molecule has 0 bridgehead atoms. The molecule has 4 rings (SSSR count). The van der Waals surface area contributed by atoms with Gasteiger partial charge in [-0.05, 0) is 71.8 Å². The number of hydrogen-bond donors (Lipinski definition) is 1. The van der Waals surface area contributed by atoms with Gasteiger partial charge in [0.2, 0.25) is 10.0 Å². The minimum Gasteiger partial charge on any atom is -0.497 e. The maximum atomic E-state index is 13.2. The van der Waals surface area contributed by atoms with Gasteiger partial charge in [-0.25, -0.2) is 8.42 Å². The van der Waals surface area contributed by atoms with Gasteiger partial charge in [0.05, 0.1) is 19.1 Å². The minimum absolute atomic E-state index is 0.128. The summed E-state index contributed by atoms with van der Waals surface area (Å²) in [7, 11) is -0.502. The maximum absolute atomic E-state index is 13.2. The van der Waals surface area contributed by atoms with E-state index in [1.54, 1.807) is 37.7 Å². The summed E-state index contributed by atoms with van der Waals surface area (Å²) in [5.74, 6) is 1.10. The summed E-state index contributed by atoms with van der Waals surface area (Å²) >= 11 is 1.66. The fourth-order valence-electron chi connectivity index (χ4n) is 3.86. The highest BCUT2D eigenvalue weighted by atomic mass is 32.2. The first-order chi connectivity index (χ1) is 15.9. The van der Waals surface area contributed by atoms with Crippen LogP contribution >= 0.6 is 11.3 Å². The van der Waals surface area contributed by atoms with E-state index in [-0.39, 0.29) is 10.8 Å². The molecule has 2 heterocycles. The zero-order valence-corrected chi connectivity index (χ0v) is 20.2. The predicted octanol–water partition coefficient (Wildman–Crippen LogP) is 3.48. The first kappa shape index (κ1) is 23.3. The van der Waals surface area contributed by atoms with E-state index in [1.807, 2.05) is 29.6 Å². The van der Waals surface area contributed by atoms with Crippen LogP contribution in [0, 0.1) is 0 Å². The van der Waals surface area contributed by atoms with Crippen molar-refractivity contribution in [1.29, 1.82) is 0 Å². The monoisotopic (exact) mass is 486 g/mol. The zero-order chi connectivity index (χ0) is 23.4. The zero-order valence-electron chi connectivity index (χ0n) is 18.5. The molecule has 0 unspecified atom stereocenters. The van der Waals surface area contributed by atoms with Gasteiger partial charge >= 0.3 is 0 Å². The number of ether oxygens (including phenoxy) is 2. The Morgan fingerprint density at radius 3 is 2.76 bits per heavy atom. The molecular weight excluding hydrogens is 460 g/mol. The van der Waals surface area contributed by atoms with Crippen molar-refractivity contribution in [3.8, 4) is 11.5 Å². The van der Waals surface area contributed by atoms with E-state index in [1.165, 1.54) is 21.3 Å². The van der Waals surface area contributed by atoms with Crippen molar-refractivity contribution in [2.24, 2.45) is 0 Å². The highest BCUT2D eigenvalue weighted by Crippen LogP contribution is 2.28. The molecule has 0 atom stereocenters. The fraction of sp³-hybridized carbons (Fsp3) is 0.292. The van der Waals surface area contributed by atoms with Crippen LogP contribution in [0.25, 0.3) is 0 Å². The smallest absolute Gasteiger partial charge is 0.251 e. The van der Waals surface area contributed by atoms with Crippen LogP contribution in [-0.4, -0.2) is 45.9 Å². The van der Waals surface area contributed by atoms with Gasteiger partial charge < -0.3 is 14.8 Å². The van der Waals surface area contributed by atoms with Crippen LogP contribution in [-0.2, 0) is 29.4 Å². The second kappa shape index (κ2) is 9.94. The second-order valence-corrected chi connectivity index (χ2v) is 10.6. The number of carbonyl (C=O) groups is 1. The van der Waals surface area contributed by atoms with Gasteiger partial charge in [0.25, 0.3) is 5.91 Å². The van der Waals surface area contributed by atoms with Gasteiger partial charge in [-0.1, -0.05) is 6.07 Å². The summed E-state index contributed by atoms with van der Waals surface area (Å²) < 4.78 is 38.5. The van der Waals surface area contributed by atoms with E-state index in [0.717, 1.165) is 11.1 Å². The van der Waals surface area contributed by atoms with Gasteiger partial charge in [-0.3, -0.25) is 4.79 Å². The van der Waals surface area contributed by atoms with Gasteiger partial charge in [-0.15, -0.1) is 11.3 Å². The van der Waals surface area contributed by atoms with Gasteiger partial charge in [0, 0.05) is 30.1 Å². The molecule has 33 heavy (non-hydrogen) atoms. The number of fused-ring (bicyclic) bond motifs is 1. The van der Waals surface area contributed by atoms with Crippen LogP contribution in [0.2, 0.25) is 0 Å². The van der Waals surface area contributed by atoms with Crippen molar-refractivity contribution in [2.75, 3.05) is 27.3 Å². The van der Waals surface area contributed by atoms with E-state index in [4.69, 9.17) is 9.47 Å². The van der Waals surface area contributed by atoms with Crippen LogP contribution in [0.4, 0.5) is 0 Å². The van der Waals surface area contributed by atoms with Crippen LogP contribution in [0.3, 0.4) is 0 Å². The molecule has 0 radical (unpaired) electrons. The molecular formula is C24H26N2O5S2. The highest BCUT2D eigenvalue weighted by Gasteiger charge is 2.29. The Hall–Kier alpha value is -2.88. The van der Waals surface area contributed by atoms with E-state index in [9.17, 15) is 13.2 Å². The predicted molar refractivity (Wildman–Crippen MR) is 128 cm³/mol. The Balaban J connectivity index is 1.43. The van der Waals surface area contributed by atoms with Gasteiger partial charge in [0.1, 0.15) is 11.5 Å². The van der Waals surface area contributed by atoms with Crippen LogP contribution in [0.5, 0.6) is 11.5 Å². The topological polar surface area (TPSA) is 84.9 Å². The number of nitrogens with one attached hydrogen (secondary N) is 1. The number of amides is 1. The molecule has 1 amide bonds. The summed E-state index contributed by atoms with van der Waals surface area (Å²) in [5.41, 5.74) is 2.27. The molecule has 7 nitrogen and oxygen atoms in total. The lowest BCUT2D eigenvalue weighted by molar-refractivity contribution is 0.0954. The average molecular weight is 487 g/mol. The molecule has 9 heteroatoms. The van der Waals surface area contributed by atoms with Crippen molar-refractivity contribution in [3.05, 3.63) is 75.5 Å². The van der Waals surface area contributed by atoms with E-state index in [2.05, 4.69) is 5.32 Å². The lowest BCUT2D eigenvalue weighted by Gasteiger charge is -2.26. The number of carbonyl (C=O) groups excluding carboxylic acids is 1. The summed E-state index contributed by atoms with van der Waals surface area (Å²) in [6.45, 7) is 1.17. The molecule has 1 aromatic heterocycles. The third kappa shape index (κ3) is 5.05. The Kier molecular flexibility index (Phi) is 7.02. The third-order valence-corrected chi connectivity index (χ3v) is 8.54. The van der Waals surface area contributed by atoms with Crippen molar-refractivity contribution in [1.82, 2.24) is 9.62 Å². The molecule has 0 spiro atoms. The molecule has 0 saturated carbocycles. The fourth-order valence-corrected chi connectivity index (χ4v) is 6.22. The third-order valence-electron chi connectivity index (χ3n) is 5.67. The van der Waals surface area contributed by atoms with Crippen molar-refractivity contribution in [2.45, 2.75) is 24.3 Å². The Morgan fingerprint density at radius 1 is 1.12 bits per heavy atom. The lowest BCUT2D eigenvalue weighted by Crippen LogP contribution is -2.35. The normalized spacial score (nSPS) is 13.9. The molecule has 1 aliphatic rings. The Labute approximate surface area is 198 Å². The lowest BCUT2D eigenvalue weighted by atomic mass is 10.1. The Bertz CT molecular complexity index is 1250. The van der Waals surface area contributed by atoms with Gasteiger partial charge in [-0.2, -0.15) is 4.31 Å². The van der Waals surface area contributed by atoms with E-state index >= 15 is 0 Å². The number of thiophene rings is 1. The van der Waals surface area contributed by atoms with Crippen LogP contribution in [0.1, 0.15) is 26.4 Å². The first-order valence-electron chi connectivity index (χ1n) is 10.6. The SMILES string of the molecule is COc1ccc(OC)c(CCNC(=O)c2cccc(S(=O)(=O)N3CCc4sccc4C3)c2)c1. The molecule has 174 valence electrons. The maximum Gasteiger partial charge on any atom is 0.251 e. The summed E-state index contributed by atoms with van der Waals surface area (Å²) in [6.07, 6.45) is 1.25. The number of nitrogens with zero attached hydrogens (tertiary/aromatic N) is 1. The minimum atomic E-state index is -3.69. The molecule has 3 aromatic rings. The molecule has 0 fully saturated rings. The Morgan fingerprint density at radius 2 is 1.97 bits per heavy atom. The number of methoxy groups -OCH3 is 2. The summed E-state index contributed by atoms with van der Waals surface area (Å²) in [4.78, 5) is 14.1. The number of hydrogen-bond acceptors (Lipinski definition) is 6. The largest absolute Gasteiger partial charge is 0.497 e. The van der Waals surface area contributed by atoms with Crippen molar-refractivity contribution >= 4 is 27.3 Å². The van der Waals surface area contributed by atoms with Crippen molar-refractivity contribution < 1.29 is 22.7 Å². The molecule has 1 N–H and O–H groups in total. The quantitative estimate of drug-likeness (QED) is 0.527. The van der Waals surface area contributed by atoms with Crippen LogP contribution < -0.4 is 14.8 Å². The first-order valence-corrected chi connectivity index (χ1v) is 12.9.